The van der Waals surface area contributed by atoms with Crippen molar-refractivity contribution in [2.24, 2.45) is 4.99 Å². The van der Waals surface area contributed by atoms with Crippen LogP contribution in [0, 0.1) is 6.92 Å². The molecule has 1 aromatic heterocycles. The van der Waals surface area contributed by atoms with Crippen LogP contribution in [-0.2, 0) is 0 Å². The molecule has 0 aliphatic carbocycles. The number of anilines is 1. The number of aromatic hydroxyl groups is 1. The highest BCUT2D eigenvalue weighted by Crippen LogP contribution is 2.27. The Balaban J connectivity index is 1.95. The lowest BCUT2D eigenvalue weighted by Crippen LogP contribution is -2.43. The molecule has 2 aliphatic heterocycles. The maximum Gasteiger partial charge on any atom is 0.136 e. The van der Waals surface area contributed by atoms with Gasteiger partial charge in [-0.05, 0) is 51.1 Å². The van der Waals surface area contributed by atoms with Gasteiger partial charge in [-0.15, -0.1) is 0 Å². The molecule has 0 radical (unpaired) electrons. The van der Waals surface area contributed by atoms with Crippen LogP contribution in [0.15, 0.2) is 28.9 Å². The first-order valence-corrected chi connectivity index (χ1v) is 7.12. The first-order valence-electron chi connectivity index (χ1n) is 7.12. The van der Waals surface area contributed by atoms with E-state index < -0.39 is 0 Å². The van der Waals surface area contributed by atoms with Crippen LogP contribution >= 0.6 is 0 Å². The van der Waals surface area contributed by atoms with Crippen molar-refractivity contribution < 1.29 is 5.11 Å². The molecule has 3 rings (SSSR count). The monoisotopic (exact) mass is 272 g/mol. The summed E-state index contributed by atoms with van der Waals surface area (Å²) in [6.07, 6.45) is 6.23. The summed E-state index contributed by atoms with van der Waals surface area (Å²) in [5.74, 6) is 1.14. The number of rotatable bonds is 3. The van der Waals surface area contributed by atoms with Crippen molar-refractivity contribution in [2.75, 3.05) is 24.5 Å². The Morgan fingerprint density at radius 3 is 2.75 bits per heavy atom. The third-order valence-electron chi connectivity index (χ3n) is 3.87. The topological polar surface area (TPSA) is 60.8 Å². The minimum absolute atomic E-state index is 0.244. The van der Waals surface area contributed by atoms with Crippen molar-refractivity contribution in [1.82, 2.24) is 10.3 Å². The van der Waals surface area contributed by atoms with Gasteiger partial charge in [0.05, 0.1) is 17.9 Å². The van der Waals surface area contributed by atoms with Gasteiger partial charge in [0.15, 0.2) is 0 Å². The number of allylic oxidation sites excluding steroid dienone is 1. The average molecular weight is 272 g/mol. The maximum atomic E-state index is 9.67. The van der Waals surface area contributed by atoms with Crippen molar-refractivity contribution in [2.45, 2.75) is 25.8 Å². The highest BCUT2D eigenvalue weighted by Gasteiger charge is 2.25. The van der Waals surface area contributed by atoms with E-state index >= 15 is 0 Å². The number of aromatic nitrogens is 1. The van der Waals surface area contributed by atoms with E-state index in [0.717, 1.165) is 44.0 Å². The summed E-state index contributed by atoms with van der Waals surface area (Å²) in [7, 11) is 0. The van der Waals surface area contributed by atoms with Crippen molar-refractivity contribution in [3.63, 3.8) is 0 Å². The van der Waals surface area contributed by atoms with E-state index in [-0.39, 0.29) is 5.75 Å². The number of aryl methyl sites for hydroxylation is 1. The number of aliphatic imine (C=N–C) groups is 1. The lowest BCUT2D eigenvalue weighted by molar-refractivity contribution is 0.444. The first kappa shape index (κ1) is 13.1. The molecule has 1 saturated heterocycles. The molecule has 2 aliphatic rings. The molecule has 0 spiro atoms. The highest BCUT2D eigenvalue weighted by atomic mass is 16.3. The van der Waals surface area contributed by atoms with Crippen molar-refractivity contribution in [3.8, 4) is 5.75 Å². The van der Waals surface area contributed by atoms with Crippen molar-refractivity contribution >= 4 is 12.0 Å². The Hall–Kier alpha value is -1.88. The summed E-state index contributed by atoms with van der Waals surface area (Å²) in [4.78, 5) is 11.1. The van der Waals surface area contributed by atoms with E-state index in [4.69, 9.17) is 0 Å². The molecule has 5 heteroatoms. The molecule has 0 amide bonds. The molecule has 0 atom stereocenters. The Labute approximate surface area is 119 Å². The van der Waals surface area contributed by atoms with Gasteiger partial charge in [-0.25, -0.2) is 4.98 Å². The molecule has 1 fully saturated rings. The summed E-state index contributed by atoms with van der Waals surface area (Å²) in [6, 6.07) is 4.04. The lowest BCUT2D eigenvalue weighted by atomic mass is 10.0. The highest BCUT2D eigenvalue weighted by molar-refractivity contribution is 5.86. The molecule has 5 nitrogen and oxygen atoms in total. The fraction of sp³-hybridized carbons (Fsp3) is 0.467. The van der Waals surface area contributed by atoms with Crippen LogP contribution in [0.1, 0.15) is 18.5 Å². The predicted molar refractivity (Wildman–Crippen MR) is 80.5 cm³/mol. The Morgan fingerprint density at radius 2 is 2.10 bits per heavy atom. The molecule has 106 valence electrons. The van der Waals surface area contributed by atoms with Gasteiger partial charge in [0, 0.05) is 12.3 Å². The third-order valence-corrected chi connectivity index (χ3v) is 3.87. The quantitative estimate of drug-likeness (QED) is 0.878. The number of nitrogens with one attached hydrogen (secondary N) is 1. The predicted octanol–water partition coefficient (Wildman–Crippen LogP) is 1.62. The molecule has 0 aromatic carbocycles. The smallest absolute Gasteiger partial charge is 0.136 e. The molecule has 0 bridgehead atoms. The van der Waals surface area contributed by atoms with Gasteiger partial charge in [0.1, 0.15) is 11.6 Å². The standard InChI is InChI=1S/C15H20N4O/c1-11-14(20)2-3-15(18-11)19(13-6-9-17-10-13)12-4-7-16-8-5-12/h2-3,6,10,12,16,20H,4-5,7-9H2,1H3. The Kier molecular flexibility index (Phi) is 3.69. The molecular formula is C15H20N4O. The Bertz CT molecular complexity index is 547. The van der Waals surface area contributed by atoms with E-state index in [1.807, 2.05) is 19.2 Å². The van der Waals surface area contributed by atoms with Gasteiger partial charge in [-0.1, -0.05) is 0 Å². The van der Waals surface area contributed by atoms with Gasteiger partial charge >= 0.3 is 0 Å². The van der Waals surface area contributed by atoms with E-state index in [2.05, 4.69) is 26.3 Å². The average Bonchev–Trinajstić information content (AvgIpc) is 2.98. The zero-order chi connectivity index (χ0) is 13.9. The normalized spacial score (nSPS) is 19.1. The molecule has 0 unspecified atom stereocenters. The van der Waals surface area contributed by atoms with Crippen LogP contribution in [0.3, 0.4) is 0 Å². The SMILES string of the molecule is Cc1nc(N(C2=CCN=C2)C2CCNCC2)ccc1O. The second-order valence-electron chi connectivity index (χ2n) is 5.25. The minimum Gasteiger partial charge on any atom is -0.506 e. The molecule has 2 N–H and O–H groups in total. The van der Waals surface area contributed by atoms with Gasteiger partial charge in [0.2, 0.25) is 0 Å². The third kappa shape index (κ3) is 2.54. The summed E-state index contributed by atoms with van der Waals surface area (Å²) in [5, 5.41) is 13.1. The molecule has 0 saturated carbocycles. The summed E-state index contributed by atoms with van der Waals surface area (Å²) in [6.45, 7) is 4.63. The lowest BCUT2D eigenvalue weighted by Gasteiger charge is -2.35. The van der Waals surface area contributed by atoms with E-state index in [0.29, 0.717) is 11.7 Å². The summed E-state index contributed by atoms with van der Waals surface area (Å²) in [5.41, 5.74) is 1.78. The summed E-state index contributed by atoms with van der Waals surface area (Å²) < 4.78 is 0. The van der Waals surface area contributed by atoms with E-state index in [1.54, 1.807) is 6.07 Å². The fourth-order valence-electron chi connectivity index (χ4n) is 2.78. The maximum absolute atomic E-state index is 9.67. The minimum atomic E-state index is 0.244. The molecular weight excluding hydrogens is 252 g/mol. The van der Waals surface area contributed by atoms with Crippen molar-refractivity contribution in [1.29, 1.82) is 0 Å². The van der Waals surface area contributed by atoms with Crippen LogP contribution < -0.4 is 10.2 Å². The molecule has 1 aromatic rings. The second kappa shape index (κ2) is 5.63. The van der Waals surface area contributed by atoms with Gasteiger partial charge in [0.25, 0.3) is 0 Å². The van der Waals surface area contributed by atoms with Gasteiger partial charge in [-0.3, -0.25) is 4.99 Å². The van der Waals surface area contributed by atoms with Crippen LogP contribution in [0.25, 0.3) is 0 Å². The van der Waals surface area contributed by atoms with Crippen molar-refractivity contribution in [3.05, 3.63) is 29.6 Å². The van der Waals surface area contributed by atoms with E-state index in [9.17, 15) is 5.11 Å². The molecule has 3 heterocycles. The van der Waals surface area contributed by atoms with Crippen LogP contribution in [-0.4, -0.2) is 42.0 Å². The Morgan fingerprint density at radius 1 is 1.30 bits per heavy atom. The zero-order valence-electron chi connectivity index (χ0n) is 11.7. The van der Waals surface area contributed by atoms with Crippen LogP contribution in [0.2, 0.25) is 0 Å². The van der Waals surface area contributed by atoms with Gasteiger partial charge < -0.3 is 15.3 Å². The second-order valence-corrected chi connectivity index (χ2v) is 5.25. The van der Waals surface area contributed by atoms with Crippen LogP contribution in [0.4, 0.5) is 5.82 Å². The molecule has 20 heavy (non-hydrogen) atoms. The zero-order valence-corrected chi connectivity index (χ0v) is 11.7. The first-order chi connectivity index (χ1) is 9.75. The van der Waals surface area contributed by atoms with E-state index in [1.165, 1.54) is 0 Å². The fourth-order valence-corrected chi connectivity index (χ4v) is 2.78. The number of hydrogen-bond donors (Lipinski definition) is 2. The van der Waals surface area contributed by atoms with Crippen LogP contribution in [0.5, 0.6) is 5.75 Å². The number of hydrogen-bond acceptors (Lipinski definition) is 5. The number of nitrogens with zero attached hydrogens (tertiary/aromatic N) is 3. The van der Waals surface area contributed by atoms with Gasteiger partial charge in [-0.2, -0.15) is 0 Å². The summed E-state index contributed by atoms with van der Waals surface area (Å²) >= 11 is 0. The number of piperidine rings is 1. The largest absolute Gasteiger partial charge is 0.506 e. The number of pyridine rings is 1.